The van der Waals surface area contributed by atoms with Crippen LogP contribution in [0.3, 0.4) is 0 Å². The van der Waals surface area contributed by atoms with Gasteiger partial charge in [-0.2, -0.15) is 5.10 Å². The van der Waals surface area contributed by atoms with Crippen LogP contribution < -0.4 is 5.32 Å². The Hall–Kier alpha value is -2.67. The van der Waals surface area contributed by atoms with Crippen LogP contribution in [0.2, 0.25) is 0 Å². The van der Waals surface area contributed by atoms with Gasteiger partial charge in [0.2, 0.25) is 5.91 Å². The number of aryl methyl sites for hydroxylation is 1. The van der Waals surface area contributed by atoms with Gasteiger partial charge in [0.15, 0.2) is 9.84 Å². The molecule has 3 aromatic rings. The fraction of sp³-hybridized carbons (Fsp3) is 0.300. The first-order chi connectivity index (χ1) is 12.9. The number of carbonyl (C=O) groups is 1. The predicted molar refractivity (Wildman–Crippen MR) is 105 cm³/mol. The number of sulfone groups is 1. The molecule has 0 atom stereocenters. The summed E-state index contributed by atoms with van der Waals surface area (Å²) in [7, 11) is -3.52. The van der Waals surface area contributed by atoms with Crippen molar-refractivity contribution in [2.24, 2.45) is 0 Å². The lowest BCUT2D eigenvalue weighted by atomic mass is 10.1. The molecule has 7 heteroatoms. The van der Waals surface area contributed by atoms with Crippen LogP contribution in [0.5, 0.6) is 0 Å². The zero-order valence-corrected chi connectivity index (χ0v) is 16.3. The molecule has 0 aliphatic carbocycles. The highest BCUT2D eigenvalue weighted by molar-refractivity contribution is 7.91. The summed E-state index contributed by atoms with van der Waals surface area (Å²) in [6.07, 6.45) is 1.65. The van der Waals surface area contributed by atoms with Crippen LogP contribution in [0, 0.1) is 6.92 Å². The summed E-state index contributed by atoms with van der Waals surface area (Å²) in [6, 6.07) is 12.6. The van der Waals surface area contributed by atoms with Gasteiger partial charge in [-0.05, 0) is 36.8 Å². The molecule has 6 nitrogen and oxygen atoms in total. The topological polar surface area (TPSA) is 81.1 Å². The first-order valence-corrected chi connectivity index (χ1v) is 10.6. The van der Waals surface area contributed by atoms with Crippen LogP contribution in [0.25, 0.3) is 10.8 Å². The Morgan fingerprint density at radius 3 is 2.59 bits per heavy atom. The molecule has 0 saturated heterocycles. The van der Waals surface area contributed by atoms with Gasteiger partial charge in [0.05, 0.1) is 16.8 Å². The monoisotopic (exact) mass is 385 g/mol. The second-order valence-electron chi connectivity index (χ2n) is 6.43. The molecule has 0 aliphatic heterocycles. The molecule has 0 unspecified atom stereocenters. The zero-order chi connectivity index (χ0) is 19.4. The van der Waals surface area contributed by atoms with Crippen LogP contribution in [0.1, 0.15) is 24.6 Å². The lowest BCUT2D eigenvalue weighted by Crippen LogP contribution is -2.25. The summed E-state index contributed by atoms with van der Waals surface area (Å²) >= 11 is 0. The molecule has 3 rings (SSSR count). The maximum Gasteiger partial charge on any atom is 0.221 e. The first kappa shape index (κ1) is 19.1. The summed E-state index contributed by atoms with van der Waals surface area (Å²) in [6.45, 7) is 5.06. The summed E-state index contributed by atoms with van der Waals surface area (Å²) < 4.78 is 27.0. The van der Waals surface area contributed by atoms with Gasteiger partial charge in [-0.25, -0.2) is 8.42 Å². The highest BCUT2D eigenvalue weighted by Gasteiger charge is 2.17. The summed E-state index contributed by atoms with van der Waals surface area (Å²) in [5.41, 5.74) is 1.93. The molecule has 0 saturated carbocycles. The molecular weight excluding hydrogens is 362 g/mol. The van der Waals surface area contributed by atoms with E-state index >= 15 is 0 Å². The minimum absolute atomic E-state index is 0.0733. The normalized spacial score (nSPS) is 11.6. The third-order valence-corrected chi connectivity index (χ3v) is 6.37. The van der Waals surface area contributed by atoms with Gasteiger partial charge in [0.25, 0.3) is 0 Å². The number of hydrogen-bond donors (Lipinski definition) is 1. The molecule has 1 N–H and O–H groups in total. The van der Waals surface area contributed by atoms with Crippen molar-refractivity contribution in [3.8, 4) is 0 Å². The van der Waals surface area contributed by atoms with Crippen molar-refractivity contribution in [2.75, 3.05) is 5.75 Å². The van der Waals surface area contributed by atoms with E-state index in [1.807, 2.05) is 42.8 Å². The fourth-order valence-corrected chi connectivity index (χ4v) is 4.24. The van der Waals surface area contributed by atoms with E-state index in [1.165, 1.54) is 0 Å². The van der Waals surface area contributed by atoms with Crippen molar-refractivity contribution >= 4 is 26.5 Å². The van der Waals surface area contributed by atoms with Gasteiger partial charge in [-0.1, -0.05) is 30.3 Å². The van der Waals surface area contributed by atoms with Crippen LogP contribution in [-0.2, 0) is 27.7 Å². The second kappa shape index (κ2) is 7.92. The van der Waals surface area contributed by atoms with E-state index in [4.69, 9.17) is 0 Å². The summed E-state index contributed by atoms with van der Waals surface area (Å²) in [5.74, 6) is -0.507. The molecule has 1 heterocycles. The van der Waals surface area contributed by atoms with Gasteiger partial charge >= 0.3 is 0 Å². The minimum Gasteiger partial charge on any atom is -0.352 e. The molecule has 0 aliphatic rings. The Morgan fingerprint density at radius 1 is 1.15 bits per heavy atom. The number of aromatic nitrogens is 2. The summed E-state index contributed by atoms with van der Waals surface area (Å²) in [4.78, 5) is 12.3. The maximum absolute atomic E-state index is 12.6. The lowest BCUT2D eigenvalue weighted by molar-refractivity contribution is -0.120. The molecule has 0 bridgehead atoms. The van der Waals surface area contributed by atoms with E-state index in [9.17, 15) is 13.2 Å². The molecule has 0 radical (unpaired) electrons. The van der Waals surface area contributed by atoms with Crippen molar-refractivity contribution in [1.82, 2.24) is 15.1 Å². The molecule has 142 valence electrons. The van der Waals surface area contributed by atoms with E-state index < -0.39 is 9.84 Å². The standard InChI is InChI=1S/C20H23N3O3S/c1-3-23-15(2)18(14-22-23)13-21-20(24)10-11-27(25,26)19-9-8-16-6-4-5-7-17(16)12-19/h4-9,12,14H,3,10-11,13H2,1-2H3,(H,21,24). The zero-order valence-electron chi connectivity index (χ0n) is 15.5. The Labute approximate surface area is 159 Å². The van der Waals surface area contributed by atoms with Crippen LogP contribution >= 0.6 is 0 Å². The van der Waals surface area contributed by atoms with E-state index in [2.05, 4.69) is 10.4 Å². The molecule has 0 fully saturated rings. The molecule has 27 heavy (non-hydrogen) atoms. The number of rotatable bonds is 7. The SMILES string of the molecule is CCn1ncc(CNC(=O)CCS(=O)(=O)c2ccc3ccccc3c2)c1C. The highest BCUT2D eigenvalue weighted by Crippen LogP contribution is 2.20. The van der Waals surface area contributed by atoms with Gasteiger partial charge in [-0.3, -0.25) is 9.48 Å². The molecule has 2 aromatic carbocycles. The summed E-state index contributed by atoms with van der Waals surface area (Å²) in [5, 5.41) is 8.86. The quantitative estimate of drug-likeness (QED) is 0.678. The average Bonchev–Trinajstić information content (AvgIpc) is 3.04. The minimum atomic E-state index is -3.52. The highest BCUT2D eigenvalue weighted by atomic mass is 32.2. The van der Waals surface area contributed by atoms with Crippen molar-refractivity contribution in [3.05, 3.63) is 59.9 Å². The van der Waals surface area contributed by atoms with Gasteiger partial charge < -0.3 is 5.32 Å². The van der Waals surface area contributed by atoms with Crippen LogP contribution in [0.4, 0.5) is 0 Å². The Morgan fingerprint density at radius 2 is 1.89 bits per heavy atom. The van der Waals surface area contributed by atoms with E-state index in [0.717, 1.165) is 28.6 Å². The number of nitrogens with zero attached hydrogens (tertiary/aromatic N) is 2. The molecule has 1 aromatic heterocycles. The lowest BCUT2D eigenvalue weighted by Gasteiger charge is -2.08. The number of amides is 1. The van der Waals surface area contributed by atoms with Crippen LogP contribution in [0.15, 0.2) is 53.6 Å². The van der Waals surface area contributed by atoms with Gasteiger partial charge in [-0.15, -0.1) is 0 Å². The first-order valence-electron chi connectivity index (χ1n) is 8.90. The number of fused-ring (bicyclic) bond motifs is 1. The Bertz CT molecular complexity index is 1070. The Balaban J connectivity index is 1.60. The number of nitrogens with one attached hydrogen (secondary N) is 1. The average molecular weight is 385 g/mol. The smallest absolute Gasteiger partial charge is 0.221 e. The number of hydrogen-bond acceptors (Lipinski definition) is 4. The predicted octanol–water partition coefficient (Wildman–Crippen LogP) is 2.84. The van der Waals surface area contributed by atoms with E-state index in [-0.39, 0.29) is 23.0 Å². The number of benzene rings is 2. The molecular formula is C20H23N3O3S. The third-order valence-electron chi connectivity index (χ3n) is 4.66. The van der Waals surface area contributed by atoms with Crippen LogP contribution in [-0.4, -0.2) is 29.9 Å². The van der Waals surface area contributed by atoms with Crippen molar-refractivity contribution in [1.29, 1.82) is 0 Å². The van der Waals surface area contributed by atoms with E-state index in [1.54, 1.807) is 24.4 Å². The van der Waals surface area contributed by atoms with Gasteiger partial charge in [0.1, 0.15) is 0 Å². The van der Waals surface area contributed by atoms with E-state index in [0.29, 0.717) is 6.54 Å². The molecule has 0 spiro atoms. The van der Waals surface area contributed by atoms with Crippen molar-refractivity contribution in [3.63, 3.8) is 0 Å². The fourth-order valence-electron chi connectivity index (χ4n) is 2.97. The largest absolute Gasteiger partial charge is 0.352 e. The molecule has 1 amide bonds. The van der Waals surface area contributed by atoms with Crippen molar-refractivity contribution < 1.29 is 13.2 Å². The maximum atomic E-state index is 12.6. The Kier molecular flexibility index (Phi) is 5.60. The van der Waals surface area contributed by atoms with Gasteiger partial charge in [0, 0.05) is 30.8 Å². The third kappa shape index (κ3) is 4.36. The second-order valence-corrected chi connectivity index (χ2v) is 8.53. The van der Waals surface area contributed by atoms with Crippen molar-refractivity contribution in [2.45, 2.75) is 38.3 Å². The number of carbonyl (C=O) groups excluding carboxylic acids is 1.